The Morgan fingerprint density at radius 2 is 1.08 bits per heavy atom. The maximum Gasteiger partial charge on any atom is 0.305 e. The van der Waals surface area contributed by atoms with E-state index in [1.54, 1.807) is 0 Å². The topological polar surface area (TPSA) is 102 Å². The zero-order valence-electron chi connectivity index (χ0n) is 38.2. The van der Waals surface area contributed by atoms with E-state index in [2.05, 4.69) is 129 Å². The van der Waals surface area contributed by atoms with Gasteiger partial charge < -0.3 is 29.9 Å². The van der Waals surface area contributed by atoms with Gasteiger partial charge in [0.05, 0.1) is 7.11 Å². The summed E-state index contributed by atoms with van der Waals surface area (Å²) >= 11 is 0. The SMILES string of the molecule is CCC(=O)N(c1ccc(CCCCCC(=O)OC)cc1)C1CCN(CCc2ccccc2)CC1.O=C(O)CCCCCc1ccc(NC2CCN(CCc3ccccc3)CC2)cc1. The van der Waals surface area contributed by atoms with Crippen molar-refractivity contribution < 1.29 is 24.2 Å². The molecule has 0 aliphatic carbocycles. The third kappa shape index (κ3) is 18.3. The summed E-state index contributed by atoms with van der Waals surface area (Å²) in [5.41, 5.74) is 7.65. The van der Waals surface area contributed by atoms with E-state index in [1.165, 1.54) is 61.0 Å². The van der Waals surface area contributed by atoms with Crippen molar-refractivity contribution in [3.8, 4) is 0 Å². The molecular formula is C54H74N4O5. The van der Waals surface area contributed by atoms with Crippen molar-refractivity contribution in [3.05, 3.63) is 131 Å². The summed E-state index contributed by atoms with van der Waals surface area (Å²) in [5, 5.41) is 12.4. The number of piperidine rings is 2. The van der Waals surface area contributed by atoms with E-state index in [0.717, 1.165) is 109 Å². The number of carboxylic acids is 1. The Labute approximate surface area is 378 Å². The van der Waals surface area contributed by atoms with Crippen LogP contribution in [0.1, 0.15) is 113 Å². The van der Waals surface area contributed by atoms with Gasteiger partial charge in [-0.3, -0.25) is 14.4 Å². The summed E-state index contributed by atoms with van der Waals surface area (Å²) in [7, 11) is 1.44. The Balaban J connectivity index is 0.000000240. The minimum Gasteiger partial charge on any atom is -0.481 e. The van der Waals surface area contributed by atoms with E-state index in [4.69, 9.17) is 9.84 Å². The highest BCUT2D eigenvalue weighted by Gasteiger charge is 2.28. The fraction of sp³-hybridized carbons (Fsp3) is 0.500. The van der Waals surface area contributed by atoms with Gasteiger partial charge in [-0.1, -0.05) is 105 Å². The first-order chi connectivity index (χ1) is 30.8. The number of aliphatic carboxylic acids is 1. The summed E-state index contributed by atoms with van der Waals surface area (Å²) in [6, 6.07) is 39.6. The van der Waals surface area contributed by atoms with Crippen LogP contribution >= 0.6 is 0 Å². The van der Waals surface area contributed by atoms with Crippen LogP contribution in [0.5, 0.6) is 0 Å². The molecular weight excluding hydrogens is 785 g/mol. The third-order valence-corrected chi connectivity index (χ3v) is 12.7. The number of nitrogens with one attached hydrogen (secondary N) is 1. The number of carbonyl (C=O) groups is 3. The number of amides is 1. The average Bonchev–Trinajstić information content (AvgIpc) is 3.32. The zero-order valence-corrected chi connectivity index (χ0v) is 38.2. The monoisotopic (exact) mass is 859 g/mol. The van der Waals surface area contributed by atoms with Crippen molar-refractivity contribution in [2.24, 2.45) is 0 Å². The fourth-order valence-corrected chi connectivity index (χ4v) is 8.78. The zero-order chi connectivity index (χ0) is 44.5. The molecule has 0 saturated carbocycles. The van der Waals surface area contributed by atoms with Gasteiger partial charge in [0, 0.05) is 82.0 Å². The number of carboxylic acid groups (broad SMARTS) is 1. The molecule has 9 nitrogen and oxygen atoms in total. The normalized spacial score (nSPS) is 15.0. The number of aryl methyl sites for hydroxylation is 2. The predicted octanol–water partition coefficient (Wildman–Crippen LogP) is 10.4. The molecule has 0 spiro atoms. The van der Waals surface area contributed by atoms with Crippen LogP contribution in [0.3, 0.4) is 0 Å². The first kappa shape index (κ1) is 49.0. The molecule has 0 atom stereocenters. The molecule has 0 bridgehead atoms. The summed E-state index contributed by atoms with van der Waals surface area (Å²) in [6.07, 6.45) is 15.7. The average molecular weight is 859 g/mol. The van der Waals surface area contributed by atoms with E-state index in [-0.39, 0.29) is 24.3 Å². The molecule has 63 heavy (non-hydrogen) atoms. The lowest BCUT2D eigenvalue weighted by molar-refractivity contribution is -0.141. The number of ether oxygens (including phenoxy) is 1. The van der Waals surface area contributed by atoms with Gasteiger partial charge in [-0.2, -0.15) is 0 Å². The van der Waals surface area contributed by atoms with E-state index < -0.39 is 5.97 Å². The number of benzene rings is 4. The van der Waals surface area contributed by atoms with Crippen LogP contribution in [0.15, 0.2) is 109 Å². The lowest BCUT2D eigenvalue weighted by atomic mass is 10.00. The number of hydrogen-bond acceptors (Lipinski definition) is 7. The quantitative estimate of drug-likeness (QED) is 0.0562. The molecule has 9 heteroatoms. The fourth-order valence-electron chi connectivity index (χ4n) is 8.78. The van der Waals surface area contributed by atoms with Crippen LogP contribution in [0.2, 0.25) is 0 Å². The number of carbonyl (C=O) groups excluding carboxylic acids is 2. The molecule has 340 valence electrons. The number of likely N-dealkylation sites (tertiary alicyclic amines) is 2. The highest BCUT2D eigenvalue weighted by molar-refractivity contribution is 5.93. The lowest BCUT2D eigenvalue weighted by Gasteiger charge is -2.38. The number of esters is 1. The first-order valence-corrected chi connectivity index (χ1v) is 23.9. The number of methoxy groups -OCH3 is 1. The van der Waals surface area contributed by atoms with Gasteiger partial charge in [0.1, 0.15) is 0 Å². The second-order valence-electron chi connectivity index (χ2n) is 17.4. The largest absolute Gasteiger partial charge is 0.481 e. The van der Waals surface area contributed by atoms with Crippen LogP contribution < -0.4 is 10.2 Å². The second kappa shape index (κ2) is 27.9. The Bertz CT molecular complexity index is 1870. The maximum atomic E-state index is 12.9. The molecule has 1 amide bonds. The van der Waals surface area contributed by atoms with Crippen LogP contribution in [0, 0.1) is 0 Å². The molecule has 6 rings (SSSR count). The molecule has 0 unspecified atom stereocenters. The molecule has 4 aromatic rings. The van der Waals surface area contributed by atoms with Gasteiger partial charge >= 0.3 is 11.9 Å². The van der Waals surface area contributed by atoms with Crippen LogP contribution in [-0.2, 0) is 44.8 Å². The van der Waals surface area contributed by atoms with E-state index >= 15 is 0 Å². The van der Waals surface area contributed by atoms with Crippen molar-refractivity contribution in [1.82, 2.24) is 9.80 Å². The lowest BCUT2D eigenvalue weighted by Crippen LogP contribution is -2.47. The molecule has 2 aliphatic heterocycles. The number of hydrogen-bond donors (Lipinski definition) is 2. The van der Waals surface area contributed by atoms with Gasteiger partial charge in [-0.15, -0.1) is 0 Å². The summed E-state index contributed by atoms with van der Waals surface area (Å²) in [6.45, 7) is 8.58. The Hall–Kier alpha value is -4.99. The number of unbranched alkanes of at least 4 members (excludes halogenated alkanes) is 4. The molecule has 2 saturated heterocycles. The van der Waals surface area contributed by atoms with Gasteiger partial charge in [-0.25, -0.2) is 0 Å². The molecule has 2 aliphatic rings. The van der Waals surface area contributed by atoms with Crippen molar-refractivity contribution in [1.29, 1.82) is 0 Å². The Morgan fingerprint density at radius 3 is 1.57 bits per heavy atom. The van der Waals surface area contributed by atoms with E-state index in [0.29, 0.717) is 18.9 Å². The highest BCUT2D eigenvalue weighted by atomic mass is 16.5. The first-order valence-electron chi connectivity index (χ1n) is 23.9. The van der Waals surface area contributed by atoms with Gasteiger partial charge in [0.15, 0.2) is 0 Å². The van der Waals surface area contributed by atoms with Crippen molar-refractivity contribution in [3.63, 3.8) is 0 Å². The Morgan fingerprint density at radius 1 is 0.603 bits per heavy atom. The molecule has 2 heterocycles. The summed E-state index contributed by atoms with van der Waals surface area (Å²) in [4.78, 5) is 41.8. The maximum absolute atomic E-state index is 12.9. The molecule has 2 fully saturated rings. The van der Waals surface area contributed by atoms with Gasteiger partial charge in [0.25, 0.3) is 0 Å². The van der Waals surface area contributed by atoms with E-state index in [1.807, 2.05) is 6.92 Å². The second-order valence-corrected chi connectivity index (χ2v) is 17.4. The third-order valence-electron chi connectivity index (χ3n) is 12.7. The minimum absolute atomic E-state index is 0.132. The Kier molecular flexibility index (Phi) is 21.7. The van der Waals surface area contributed by atoms with Crippen LogP contribution in [0.4, 0.5) is 11.4 Å². The van der Waals surface area contributed by atoms with Crippen molar-refractivity contribution in [2.75, 3.05) is 56.6 Å². The van der Waals surface area contributed by atoms with Gasteiger partial charge in [-0.05, 0) is 124 Å². The number of nitrogens with zero attached hydrogens (tertiary/aromatic N) is 3. The molecule has 2 N–H and O–H groups in total. The van der Waals surface area contributed by atoms with Crippen molar-refractivity contribution in [2.45, 2.75) is 128 Å². The minimum atomic E-state index is -0.692. The van der Waals surface area contributed by atoms with Crippen molar-refractivity contribution >= 4 is 29.2 Å². The van der Waals surface area contributed by atoms with Gasteiger partial charge in [0.2, 0.25) is 5.91 Å². The number of rotatable bonds is 23. The predicted molar refractivity (Wildman–Crippen MR) is 257 cm³/mol. The summed E-state index contributed by atoms with van der Waals surface area (Å²) < 4.78 is 4.69. The smallest absolute Gasteiger partial charge is 0.305 e. The van der Waals surface area contributed by atoms with Crippen LogP contribution in [0.25, 0.3) is 0 Å². The van der Waals surface area contributed by atoms with Crippen LogP contribution in [-0.4, -0.2) is 91.2 Å². The molecule has 0 radical (unpaired) electrons. The highest BCUT2D eigenvalue weighted by Crippen LogP contribution is 2.26. The standard InChI is InChI=1S/C29H40N2O3.C25H34N2O2/c1-3-28(32)31(26-16-14-25(15-17-26)12-8-5-9-13-29(33)34-2)27-19-22-30(23-20-27)21-18-24-10-6-4-7-11-24;28-25(29)10-6-2-5-9-22-11-13-23(14-12-22)26-24-16-19-27(20-17-24)18-15-21-7-3-1-4-8-21/h4,6-7,10-11,14-17,27H,3,5,8-9,12-13,18-23H2,1-2H3;1,3-4,7-8,11-14,24,26H,2,5-6,9-10,15-20H2,(H,28,29). The summed E-state index contributed by atoms with van der Waals surface area (Å²) in [5.74, 6) is -0.618. The number of anilines is 2. The van der Waals surface area contributed by atoms with E-state index in [9.17, 15) is 14.4 Å². The molecule has 4 aromatic carbocycles. The molecule has 0 aromatic heterocycles.